The first-order valence-corrected chi connectivity index (χ1v) is 8.39. The molecule has 2 atom stereocenters. The third-order valence-electron chi connectivity index (χ3n) is 4.96. The van der Waals surface area contributed by atoms with E-state index in [4.69, 9.17) is 0 Å². The van der Waals surface area contributed by atoms with Crippen LogP contribution in [-0.2, 0) is 4.79 Å². The van der Waals surface area contributed by atoms with Gasteiger partial charge < -0.3 is 10.4 Å². The van der Waals surface area contributed by atoms with Crippen LogP contribution in [0.3, 0.4) is 0 Å². The van der Waals surface area contributed by atoms with Gasteiger partial charge in [0.05, 0.1) is 6.04 Å². The number of amides is 1. The highest BCUT2D eigenvalue weighted by molar-refractivity contribution is 5.81. The molecule has 1 saturated heterocycles. The van der Waals surface area contributed by atoms with Gasteiger partial charge in [0.25, 0.3) is 0 Å². The molecule has 4 nitrogen and oxygen atoms in total. The van der Waals surface area contributed by atoms with E-state index in [1.165, 1.54) is 32.1 Å². The molecule has 0 aromatic carbocycles. The van der Waals surface area contributed by atoms with Gasteiger partial charge in [-0.1, -0.05) is 25.7 Å². The summed E-state index contributed by atoms with van der Waals surface area (Å²) >= 11 is 0. The molecule has 4 heteroatoms. The fourth-order valence-corrected chi connectivity index (χ4v) is 3.71. The molecule has 2 aliphatic rings. The van der Waals surface area contributed by atoms with Crippen LogP contribution in [0.1, 0.15) is 64.7 Å². The van der Waals surface area contributed by atoms with E-state index in [0.29, 0.717) is 12.1 Å². The molecule has 1 heterocycles. The van der Waals surface area contributed by atoms with Crippen molar-refractivity contribution in [3.05, 3.63) is 0 Å². The zero-order valence-corrected chi connectivity index (χ0v) is 12.8. The third-order valence-corrected chi connectivity index (χ3v) is 4.96. The van der Waals surface area contributed by atoms with Gasteiger partial charge in [-0.3, -0.25) is 9.69 Å². The molecule has 2 unspecified atom stereocenters. The predicted molar refractivity (Wildman–Crippen MR) is 80.5 cm³/mol. The van der Waals surface area contributed by atoms with Crippen molar-refractivity contribution in [3.63, 3.8) is 0 Å². The van der Waals surface area contributed by atoms with Crippen molar-refractivity contribution < 1.29 is 9.90 Å². The second kappa shape index (κ2) is 7.99. The van der Waals surface area contributed by atoms with Crippen LogP contribution in [0.25, 0.3) is 0 Å². The molecule has 2 fully saturated rings. The number of piperidine rings is 1. The number of carbonyl (C=O) groups excluding carboxylic acids is 1. The maximum Gasteiger partial charge on any atom is 0.237 e. The first kappa shape index (κ1) is 15.8. The van der Waals surface area contributed by atoms with Gasteiger partial charge in [-0.05, 0) is 45.6 Å². The van der Waals surface area contributed by atoms with Crippen LogP contribution < -0.4 is 5.32 Å². The van der Waals surface area contributed by atoms with Crippen molar-refractivity contribution >= 4 is 5.91 Å². The van der Waals surface area contributed by atoms with Gasteiger partial charge in [-0.15, -0.1) is 0 Å². The van der Waals surface area contributed by atoms with Gasteiger partial charge in [-0.25, -0.2) is 0 Å². The molecule has 1 amide bonds. The summed E-state index contributed by atoms with van der Waals surface area (Å²) in [6.45, 7) is 3.23. The average molecular weight is 282 g/mol. The van der Waals surface area contributed by atoms with Crippen LogP contribution in [0.2, 0.25) is 0 Å². The Balaban J connectivity index is 1.86. The molecule has 0 spiro atoms. The quantitative estimate of drug-likeness (QED) is 0.811. The molecule has 0 bridgehead atoms. The lowest BCUT2D eigenvalue weighted by Crippen LogP contribution is -2.53. The Morgan fingerprint density at radius 2 is 1.90 bits per heavy atom. The van der Waals surface area contributed by atoms with Crippen LogP contribution in [0.4, 0.5) is 0 Å². The van der Waals surface area contributed by atoms with E-state index in [0.717, 1.165) is 32.2 Å². The first-order chi connectivity index (χ1) is 9.72. The second-order valence-corrected chi connectivity index (χ2v) is 6.42. The lowest BCUT2D eigenvalue weighted by molar-refractivity contribution is -0.128. The average Bonchev–Trinajstić information content (AvgIpc) is 2.48. The van der Waals surface area contributed by atoms with Crippen molar-refractivity contribution in [2.45, 2.75) is 82.8 Å². The molecule has 1 saturated carbocycles. The Morgan fingerprint density at radius 1 is 1.20 bits per heavy atom. The minimum atomic E-state index is -0.0613. The molecular formula is C16H30N2O2. The van der Waals surface area contributed by atoms with Gasteiger partial charge in [0.1, 0.15) is 0 Å². The maximum absolute atomic E-state index is 12.4. The van der Waals surface area contributed by atoms with Crippen molar-refractivity contribution in [2.75, 3.05) is 13.2 Å². The number of hydrogen-bond acceptors (Lipinski definition) is 3. The normalized spacial score (nSPS) is 27.2. The Kier molecular flexibility index (Phi) is 6.30. The largest absolute Gasteiger partial charge is 0.396 e. The summed E-state index contributed by atoms with van der Waals surface area (Å²) in [6, 6.07) is 0.703. The summed E-state index contributed by atoms with van der Waals surface area (Å²) < 4.78 is 0. The summed E-state index contributed by atoms with van der Waals surface area (Å²) in [7, 11) is 0. The van der Waals surface area contributed by atoms with E-state index in [1.54, 1.807) is 0 Å². The van der Waals surface area contributed by atoms with Crippen LogP contribution >= 0.6 is 0 Å². The Bertz CT molecular complexity index is 301. The number of nitrogens with zero attached hydrogens (tertiary/aromatic N) is 1. The second-order valence-electron chi connectivity index (χ2n) is 6.42. The van der Waals surface area contributed by atoms with Gasteiger partial charge in [0, 0.05) is 18.7 Å². The number of nitrogens with one attached hydrogen (secondary N) is 1. The Hall–Kier alpha value is -0.610. The molecule has 116 valence electrons. The number of carbonyl (C=O) groups is 1. The van der Waals surface area contributed by atoms with Crippen LogP contribution in [0.15, 0.2) is 0 Å². The highest BCUT2D eigenvalue weighted by Crippen LogP contribution is 2.23. The summed E-state index contributed by atoms with van der Waals surface area (Å²) in [5, 5.41) is 12.4. The standard InChI is InChI=1S/C16H30N2O2/c1-13(16(20)17-14-7-3-2-4-8-14)18-11-6-5-9-15(18)10-12-19/h13-15,19H,2-12H2,1H3,(H,17,20). The lowest BCUT2D eigenvalue weighted by Gasteiger charge is -2.39. The van der Waals surface area contributed by atoms with Crippen molar-refractivity contribution in [1.82, 2.24) is 10.2 Å². The van der Waals surface area contributed by atoms with E-state index < -0.39 is 0 Å². The molecule has 20 heavy (non-hydrogen) atoms. The molecule has 1 aliphatic carbocycles. The van der Waals surface area contributed by atoms with Gasteiger partial charge in [0.15, 0.2) is 0 Å². The molecule has 0 aromatic heterocycles. The van der Waals surface area contributed by atoms with Crippen LogP contribution in [0.5, 0.6) is 0 Å². The first-order valence-electron chi connectivity index (χ1n) is 8.39. The fraction of sp³-hybridized carbons (Fsp3) is 0.938. The molecule has 0 aromatic rings. The topological polar surface area (TPSA) is 52.6 Å². The monoisotopic (exact) mass is 282 g/mol. The molecular weight excluding hydrogens is 252 g/mol. The molecule has 0 radical (unpaired) electrons. The number of hydrogen-bond donors (Lipinski definition) is 2. The predicted octanol–water partition coefficient (Wildman–Crippen LogP) is 2.06. The number of aliphatic hydroxyl groups excluding tert-OH is 1. The van der Waals surface area contributed by atoms with Gasteiger partial charge >= 0.3 is 0 Å². The van der Waals surface area contributed by atoms with E-state index in [1.807, 2.05) is 6.92 Å². The molecule has 1 aliphatic heterocycles. The number of likely N-dealkylation sites (tertiary alicyclic amines) is 1. The minimum Gasteiger partial charge on any atom is -0.396 e. The van der Waals surface area contributed by atoms with Crippen LogP contribution in [-0.4, -0.2) is 47.2 Å². The molecule has 2 N–H and O–H groups in total. The van der Waals surface area contributed by atoms with Crippen molar-refractivity contribution in [2.24, 2.45) is 0 Å². The summed E-state index contributed by atoms with van der Waals surface area (Å²) in [4.78, 5) is 14.7. The zero-order valence-electron chi connectivity index (χ0n) is 12.8. The van der Waals surface area contributed by atoms with Gasteiger partial charge in [0.2, 0.25) is 5.91 Å². The summed E-state index contributed by atoms with van der Waals surface area (Å²) in [6.07, 6.45) is 10.4. The number of aliphatic hydroxyl groups is 1. The Morgan fingerprint density at radius 3 is 2.60 bits per heavy atom. The van der Waals surface area contributed by atoms with E-state index in [9.17, 15) is 9.90 Å². The maximum atomic E-state index is 12.4. The van der Waals surface area contributed by atoms with E-state index >= 15 is 0 Å². The summed E-state index contributed by atoms with van der Waals surface area (Å²) in [5.74, 6) is 0.182. The minimum absolute atomic E-state index is 0.0613. The molecule has 2 rings (SSSR count). The summed E-state index contributed by atoms with van der Waals surface area (Å²) in [5.41, 5.74) is 0. The third kappa shape index (κ3) is 4.19. The fourth-order valence-electron chi connectivity index (χ4n) is 3.71. The van der Waals surface area contributed by atoms with E-state index in [2.05, 4.69) is 10.2 Å². The van der Waals surface area contributed by atoms with Gasteiger partial charge in [-0.2, -0.15) is 0 Å². The SMILES string of the molecule is CC(C(=O)NC1CCCCC1)N1CCCCC1CCO. The highest BCUT2D eigenvalue weighted by atomic mass is 16.3. The van der Waals surface area contributed by atoms with E-state index in [-0.39, 0.29) is 18.6 Å². The van der Waals surface area contributed by atoms with Crippen LogP contribution in [0, 0.1) is 0 Å². The number of rotatable bonds is 5. The smallest absolute Gasteiger partial charge is 0.237 e. The van der Waals surface area contributed by atoms with Crippen molar-refractivity contribution in [3.8, 4) is 0 Å². The Labute approximate surface area is 122 Å². The lowest BCUT2D eigenvalue weighted by atomic mass is 9.94. The highest BCUT2D eigenvalue weighted by Gasteiger charge is 2.30. The zero-order chi connectivity index (χ0) is 14.4. The van der Waals surface area contributed by atoms with Crippen molar-refractivity contribution in [1.29, 1.82) is 0 Å².